The molecule has 4 heteroatoms. The van der Waals surface area contributed by atoms with Crippen LogP contribution in [0.3, 0.4) is 0 Å². The van der Waals surface area contributed by atoms with Gasteiger partial charge in [0.05, 0.1) is 14.2 Å². The van der Waals surface area contributed by atoms with Crippen LogP contribution < -0.4 is 0 Å². The third-order valence-electron chi connectivity index (χ3n) is 6.44. The van der Waals surface area contributed by atoms with E-state index in [1.807, 2.05) is 6.07 Å². The highest BCUT2D eigenvalue weighted by Crippen LogP contribution is 2.51. The van der Waals surface area contributed by atoms with Gasteiger partial charge in [0.1, 0.15) is 0 Å². The highest BCUT2D eigenvalue weighted by atomic mass is 16.5. The van der Waals surface area contributed by atoms with Gasteiger partial charge in [-0.15, -0.1) is 0 Å². The van der Waals surface area contributed by atoms with Crippen molar-refractivity contribution in [2.75, 3.05) is 14.2 Å². The second-order valence-electron chi connectivity index (χ2n) is 8.92. The molecular weight excluding hydrogens is 364 g/mol. The Morgan fingerprint density at radius 1 is 1.00 bits per heavy atom. The zero-order valence-electron chi connectivity index (χ0n) is 18.3. The van der Waals surface area contributed by atoms with Gasteiger partial charge in [-0.3, -0.25) is 9.59 Å². The van der Waals surface area contributed by atoms with Crippen LogP contribution in [0, 0.1) is 5.41 Å². The van der Waals surface area contributed by atoms with E-state index in [0.29, 0.717) is 12.8 Å². The van der Waals surface area contributed by atoms with Gasteiger partial charge < -0.3 is 9.47 Å². The van der Waals surface area contributed by atoms with E-state index in [2.05, 4.69) is 45.0 Å². The van der Waals surface area contributed by atoms with Gasteiger partial charge in [0.2, 0.25) is 0 Å². The van der Waals surface area contributed by atoms with Crippen LogP contribution in [0.5, 0.6) is 0 Å². The van der Waals surface area contributed by atoms with Crippen molar-refractivity contribution in [1.29, 1.82) is 0 Å². The van der Waals surface area contributed by atoms with E-state index in [1.165, 1.54) is 30.9 Å². The van der Waals surface area contributed by atoms with E-state index in [0.717, 1.165) is 36.8 Å². The Hall–Kier alpha value is -2.36. The molecule has 0 spiro atoms. The average molecular weight is 397 g/mol. The van der Waals surface area contributed by atoms with Crippen LogP contribution in [0.1, 0.15) is 70.4 Å². The number of allylic oxidation sites excluding steroid dienone is 3. The van der Waals surface area contributed by atoms with Gasteiger partial charge >= 0.3 is 11.9 Å². The molecule has 4 nitrogen and oxygen atoms in total. The van der Waals surface area contributed by atoms with Crippen LogP contribution >= 0.6 is 0 Å². The topological polar surface area (TPSA) is 52.6 Å². The van der Waals surface area contributed by atoms with Gasteiger partial charge in [0, 0.05) is 0 Å². The molecule has 1 aromatic carbocycles. The number of fused-ring (bicyclic) bond motifs is 2. The summed E-state index contributed by atoms with van der Waals surface area (Å²) >= 11 is 0. The van der Waals surface area contributed by atoms with Crippen LogP contribution in [0.25, 0.3) is 6.08 Å². The predicted octanol–water partition coefficient (Wildman–Crippen LogP) is 5.36. The van der Waals surface area contributed by atoms with Gasteiger partial charge in [-0.1, -0.05) is 63.1 Å². The normalized spacial score (nSPS) is 19.4. The molecule has 0 N–H and O–H groups in total. The zero-order valence-corrected chi connectivity index (χ0v) is 18.3. The van der Waals surface area contributed by atoms with Gasteiger partial charge in [0.25, 0.3) is 0 Å². The largest absolute Gasteiger partial charge is 0.468 e. The maximum Gasteiger partial charge on any atom is 0.323 e. The molecule has 0 heterocycles. The minimum Gasteiger partial charge on any atom is -0.468 e. The van der Waals surface area contributed by atoms with Gasteiger partial charge in [-0.05, 0) is 59.8 Å². The minimum atomic E-state index is -1.30. The fourth-order valence-electron chi connectivity index (χ4n) is 4.93. The Morgan fingerprint density at radius 2 is 1.66 bits per heavy atom. The zero-order chi connectivity index (χ0) is 21.2. The number of rotatable bonds is 5. The number of hydrogen-bond acceptors (Lipinski definition) is 4. The summed E-state index contributed by atoms with van der Waals surface area (Å²) in [6.07, 6.45) is 6.73. The number of unbranched alkanes of at least 4 members (excludes halogenated alkanes) is 1. The molecule has 0 saturated carbocycles. The summed E-state index contributed by atoms with van der Waals surface area (Å²) in [5, 5.41) is 0. The fraction of sp³-hybridized carbons (Fsp3) is 0.520. The molecule has 0 amide bonds. The first-order valence-electron chi connectivity index (χ1n) is 10.5. The van der Waals surface area contributed by atoms with Crippen LogP contribution in [0.15, 0.2) is 41.0 Å². The summed E-state index contributed by atoms with van der Waals surface area (Å²) in [5.41, 5.74) is 4.69. The Balaban J connectivity index is 2.23. The number of benzene rings is 1. The number of carbonyl (C=O) groups excluding carboxylic acids is 2. The molecule has 0 aromatic heterocycles. The fourth-order valence-corrected chi connectivity index (χ4v) is 4.93. The van der Waals surface area contributed by atoms with Crippen LogP contribution in [0.2, 0.25) is 0 Å². The Bertz CT molecular complexity index is 857. The molecule has 0 bridgehead atoms. The molecule has 2 aliphatic carbocycles. The van der Waals surface area contributed by atoms with E-state index in [4.69, 9.17) is 9.47 Å². The van der Waals surface area contributed by atoms with Gasteiger partial charge in [-0.2, -0.15) is 0 Å². The summed E-state index contributed by atoms with van der Waals surface area (Å²) in [6.45, 7) is 6.70. The minimum absolute atomic E-state index is 0.0296. The summed E-state index contributed by atoms with van der Waals surface area (Å²) in [6, 6.07) is 8.41. The average Bonchev–Trinajstić information content (AvgIpc) is 2.83. The number of methoxy groups -OCH3 is 2. The lowest BCUT2D eigenvalue weighted by atomic mass is 9.66. The molecule has 0 atom stereocenters. The smallest absolute Gasteiger partial charge is 0.323 e. The number of carbonyl (C=O) groups is 2. The Kier molecular flexibility index (Phi) is 6.02. The second-order valence-corrected chi connectivity index (χ2v) is 8.92. The summed E-state index contributed by atoms with van der Waals surface area (Å²) in [4.78, 5) is 25.7. The molecular formula is C25H32O4. The van der Waals surface area contributed by atoms with Crippen LogP contribution in [-0.4, -0.2) is 26.2 Å². The summed E-state index contributed by atoms with van der Waals surface area (Å²) in [7, 11) is 2.69. The van der Waals surface area contributed by atoms with E-state index in [9.17, 15) is 9.59 Å². The van der Waals surface area contributed by atoms with Crippen molar-refractivity contribution in [2.45, 2.75) is 64.7 Å². The predicted molar refractivity (Wildman–Crippen MR) is 114 cm³/mol. The SMILES string of the molecule is CCCCC1=C2CC(C)(C)c3ccccc3C=C2CC(C(=O)OC)(C(=O)OC)C1. The van der Waals surface area contributed by atoms with Gasteiger partial charge in [-0.25, -0.2) is 0 Å². The number of ether oxygens (including phenoxy) is 2. The molecule has 0 unspecified atom stereocenters. The molecule has 0 radical (unpaired) electrons. The van der Waals surface area contributed by atoms with E-state index in [-0.39, 0.29) is 5.41 Å². The van der Waals surface area contributed by atoms with E-state index < -0.39 is 17.4 Å². The molecule has 29 heavy (non-hydrogen) atoms. The van der Waals surface area contributed by atoms with Crippen molar-refractivity contribution in [3.63, 3.8) is 0 Å². The molecule has 0 aliphatic heterocycles. The molecule has 0 saturated heterocycles. The van der Waals surface area contributed by atoms with Crippen molar-refractivity contribution in [1.82, 2.24) is 0 Å². The summed E-state index contributed by atoms with van der Waals surface area (Å²) in [5.74, 6) is -1.01. The van der Waals surface area contributed by atoms with Crippen molar-refractivity contribution in [3.05, 3.63) is 52.1 Å². The van der Waals surface area contributed by atoms with Crippen molar-refractivity contribution < 1.29 is 19.1 Å². The quantitative estimate of drug-likeness (QED) is 0.496. The first-order valence-corrected chi connectivity index (χ1v) is 10.5. The lowest BCUT2D eigenvalue weighted by Gasteiger charge is -2.37. The van der Waals surface area contributed by atoms with Gasteiger partial charge in [0.15, 0.2) is 5.41 Å². The summed E-state index contributed by atoms with van der Waals surface area (Å²) < 4.78 is 10.2. The highest BCUT2D eigenvalue weighted by Gasteiger charge is 2.52. The highest BCUT2D eigenvalue weighted by molar-refractivity contribution is 6.01. The van der Waals surface area contributed by atoms with Crippen molar-refractivity contribution in [2.24, 2.45) is 5.41 Å². The molecule has 1 aromatic rings. The number of hydrogen-bond donors (Lipinski definition) is 0. The second kappa shape index (κ2) is 8.17. The monoisotopic (exact) mass is 396 g/mol. The third kappa shape index (κ3) is 3.77. The van der Waals surface area contributed by atoms with Crippen LogP contribution in [-0.2, 0) is 24.5 Å². The lowest BCUT2D eigenvalue weighted by Crippen LogP contribution is -2.44. The Labute approximate surface area is 174 Å². The first kappa shape index (κ1) is 21.4. The Morgan fingerprint density at radius 3 is 2.28 bits per heavy atom. The molecule has 156 valence electrons. The maximum atomic E-state index is 12.9. The molecule has 0 fully saturated rings. The number of esters is 2. The lowest BCUT2D eigenvalue weighted by molar-refractivity contribution is -0.169. The standard InChI is InChI=1S/C25H32O4/c1-6-7-10-18-14-25(22(26)28-4,23(27)29-5)15-19-13-17-11-8-9-12-21(17)24(2,3)16-20(18)19/h8-9,11-13H,6-7,10,14-16H2,1-5H3. The molecule has 3 rings (SSSR count). The first-order chi connectivity index (χ1) is 13.8. The third-order valence-corrected chi connectivity index (χ3v) is 6.44. The van der Waals surface area contributed by atoms with Crippen LogP contribution in [0.4, 0.5) is 0 Å². The van der Waals surface area contributed by atoms with Crippen molar-refractivity contribution >= 4 is 18.0 Å². The van der Waals surface area contributed by atoms with E-state index >= 15 is 0 Å². The maximum absolute atomic E-state index is 12.9. The van der Waals surface area contributed by atoms with Crippen molar-refractivity contribution in [3.8, 4) is 0 Å². The molecule has 2 aliphatic rings. The van der Waals surface area contributed by atoms with E-state index in [1.54, 1.807) is 0 Å².